The zero-order valence-electron chi connectivity index (χ0n) is 9.08. The second kappa shape index (κ2) is 4.78. The molecule has 0 fully saturated rings. The average molecular weight is 296 g/mol. The van der Waals surface area contributed by atoms with E-state index in [1.165, 1.54) is 12.1 Å². The van der Waals surface area contributed by atoms with Gasteiger partial charge in [-0.05, 0) is 18.2 Å². The van der Waals surface area contributed by atoms with Crippen molar-refractivity contribution in [1.82, 2.24) is 10.1 Å². The number of alkyl halides is 3. The lowest BCUT2D eigenvalue weighted by molar-refractivity contribution is -0.159. The van der Waals surface area contributed by atoms with Crippen LogP contribution in [0.15, 0.2) is 22.7 Å². The first-order chi connectivity index (χ1) is 8.79. The standard InChI is InChI=1S/C10H6ClF4N3O/c11-4-1-2-6(12)5(3-4)7(16)8-17-9(19-18-8)10(13,14)15/h1-3,7H,16H2. The number of benzene rings is 1. The van der Waals surface area contributed by atoms with E-state index in [4.69, 9.17) is 17.3 Å². The summed E-state index contributed by atoms with van der Waals surface area (Å²) in [5, 5.41) is 3.28. The number of nitrogens with two attached hydrogens (primary N) is 1. The summed E-state index contributed by atoms with van der Waals surface area (Å²) in [5.41, 5.74) is 5.47. The summed E-state index contributed by atoms with van der Waals surface area (Å²) in [4.78, 5) is 3.09. The van der Waals surface area contributed by atoms with E-state index in [0.717, 1.165) is 6.07 Å². The fourth-order valence-electron chi connectivity index (χ4n) is 1.37. The quantitative estimate of drug-likeness (QED) is 0.865. The van der Waals surface area contributed by atoms with Crippen LogP contribution in [-0.4, -0.2) is 10.1 Å². The third kappa shape index (κ3) is 2.85. The molecule has 19 heavy (non-hydrogen) atoms. The molecular formula is C10H6ClF4N3O. The Bertz CT molecular complexity index is 599. The highest BCUT2D eigenvalue weighted by molar-refractivity contribution is 6.30. The molecule has 2 rings (SSSR count). The lowest BCUT2D eigenvalue weighted by atomic mass is 10.1. The highest BCUT2D eigenvalue weighted by Gasteiger charge is 2.39. The van der Waals surface area contributed by atoms with Crippen LogP contribution in [0.2, 0.25) is 5.02 Å². The molecule has 1 unspecified atom stereocenters. The van der Waals surface area contributed by atoms with Crippen LogP contribution in [0, 0.1) is 5.82 Å². The summed E-state index contributed by atoms with van der Waals surface area (Å²) >= 11 is 5.66. The first-order valence-corrected chi connectivity index (χ1v) is 5.28. The fraction of sp³-hybridized carbons (Fsp3) is 0.200. The minimum absolute atomic E-state index is 0.123. The number of hydrogen-bond donors (Lipinski definition) is 1. The maximum Gasteiger partial charge on any atom is 0.471 e. The van der Waals surface area contributed by atoms with Crippen LogP contribution in [0.3, 0.4) is 0 Å². The lowest BCUT2D eigenvalue weighted by Crippen LogP contribution is -2.16. The number of hydrogen-bond acceptors (Lipinski definition) is 4. The predicted molar refractivity (Wildman–Crippen MR) is 56.7 cm³/mol. The molecule has 0 saturated heterocycles. The van der Waals surface area contributed by atoms with Crippen LogP contribution < -0.4 is 5.73 Å². The molecule has 2 aromatic rings. The number of halogens is 5. The molecule has 0 spiro atoms. The average Bonchev–Trinajstić information content (AvgIpc) is 2.80. The lowest BCUT2D eigenvalue weighted by Gasteiger charge is -2.08. The van der Waals surface area contributed by atoms with Crippen molar-refractivity contribution in [3.05, 3.63) is 46.3 Å². The van der Waals surface area contributed by atoms with E-state index in [1.54, 1.807) is 0 Å². The molecule has 1 aromatic carbocycles. The summed E-state index contributed by atoms with van der Waals surface area (Å²) in [7, 11) is 0. The van der Waals surface area contributed by atoms with Crippen molar-refractivity contribution in [1.29, 1.82) is 0 Å². The third-order valence-corrected chi connectivity index (χ3v) is 2.49. The molecule has 0 aliphatic carbocycles. The van der Waals surface area contributed by atoms with Gasteiger partial charge in [0.15, 0.2) is 5.82 Å². The van der Waals surface area contributed by atoms with Gasteiger partial charge in [-0.3, -0.25) is 0 Å². The monoisotopic (exact) mass is 295 g/mol. The van der Waals surface area contributed by atoms with Gasteiger partial charge in [-0.25, -0.2) is 4.39 Å². The normalized spacial score (nSPS) is 13.6. The Labute approximate surface area is 109 Å². The van der Waals surface area contributed by atoms with Gasteiger partial charge >= 0.3 is 12.1 Å². The molecule has 9 heteroatoms. The van der Waals surface area contributed by atoms with Crippen molar-refractivity contribution < 1.29 is 22.1 Å². The highest BCUT2D eigenvalue weighted by Crippen LogP contribution is 2.29. The van der Waals surface area contributed by atoms with Gasteiger partial charge in [-0.15, -0.1) is 0 Å². The second-order valence-electron chi connectivity index (χ2n) is 3.60. The molecule has 0 radical (unpaired) electrons. The summed E-state index contributed by atoms with van der Waals surface area (Å²) in [6.07, 6.45) is -4.78. The molecule has 0 aliphatic heterocycles. The Morgan fingerprint density at radius 1 is 1.32 bits per heavy atom. The number of nitrogens with zero attached hydrogens (tertiary/aromatic N) is 2. The highest BCUT2D eigenvalue weighted by atomic mass is 35.5. The Hall–Kier alpha value is -1.67. The summed E-state index contributed by atoms with van der Waals surface area (Å²) < 4.78 is 54.4. The zero-order valence-corrected chi connectivity index (χ0v) is 9.84. The van der Waals surface area contributed by atoms with Crippen LogP contribution in [0.5, 0.6) is 0 Å². The van der Waals surface area contributed by atoms with Gasteiger partial charge in [0.05, 0.1) is 6.04 Å². The smallest absolute Gasteiger partial charge is 0.329 e. The van der Waals surface area contributed by atoms with Gasteiger partial charge in [-0.1, -0.05) is 16.8 Å². The predicted octanol–water partition coefficient (Wildman–Crippen LogP) is 2.93. The third-order valence-electron chi connectivity index (χ3n) is 2.26. The zero-order chi connectivity index (χ0) is 14.2. The van der Waals surface area contributed by atoms with Gasteiger partial charge in [0, 0.05) is 10.6 Å². The van der Waals surface area contributed by atoms with E-state index < -0.39 is 29.8 Å². The van der Waals surface area contributed by atoms with E-state index in [2.05, 4.69) is 14.7 Å². The molecule has 1 heterocycles. The van der Waals surface area contributed by atoms with E-state index in [1.807, 2.05) is 0 Å². The molecule has 0 bridgehead atoms. The van der Waals surface area contributed by atoms with Gasteiger partial charge in [-0.2, -0.15) is 18.2 Å². The van der Waals surface area contributed by atoms with Crippen molar-refractivity contribution in [3.63, 3.8) is 0 Å². The molecule has 0 amide bonds. The number of rotatable bonds is 2. The van der Waals surface area contributed by atoms with E-state index in [0.29, 0.717) is 0 Å². The summed E-state index contributed by atoms with van der Waals surface area (Å²) in [6.45, 7) is 0. The van der Waals surface area contributed by atoms with Crippen molar-refractivity contribution in [3.8, 4) is 0 Å². The Morgan fingerprint density at radius 2 is 2.00 bits per heavy atom. The molecule has 1 atom stereocenters. The summed E-state index contributed by atoms with van der Waals surface area (Å²) in [6, 6.07) is 2.20. The molecule has 4 nitrogen and oxygen atoms in total. The van der Waals surface area contributed by atoms with Crippen molar-refractivity contribution >= 4 is 11.6 Å². The van der Waals surface area contributed by atoms with Crippen LogP contribution in [0.1, 0.15) is 23.3 Å². The Balaban J connectivity index is 2.36. The largest absolute Gasteiger partial charge is 0.471 e. The Kier molecular flexibility index (Phi) is 3.46. The number of aromatic nitrogens is 2. The minimum atomic E-state index is -4.78. The van der Waals surface area contributed by atoms with E-state index >= 15 is 0 Å². The van der Waals surface area contributed by atoms with Gasteiger partial charge < -0.3 is 10.3 Å². The van der Waals surface area contributed by atoms with Gasteiger partial charge in [0.1, 0.15) is 5.82 Å². The van der Waals surface area contributed by atoms with Crippen molar-refractivity contribution in [2.75, 3.05) is 0 Å². The molecule has 102 valence electrons. The molecular weight excluding hydrogens is 290 g/mol. The van der Waals surface area contributed by atoms with Gasteiger partial charge in [0.25, 0.3) is 0 Å². The summed E-state index contributed by atoms with van der Waals surface area (Å²) in [5.74, 6) is -2.75. The van der Waals surface area contributed by atoms with E-state index in [-0.39, 0.29) is 10.6 Å². The first kappa shape index (κ1) is 13.8. The molecule has 0 saturated carbocycles. The molecule has 1 aromatic heterocycles. The first-order valence-electron chi connectivity index (χ1n) is 4.90. The van der Waals surface area contributed by atoms with Crippen LogP contribution in [0.25, 0.3) is 0 Å². The second-order valence-corrected chi connectivity index (χ2v) is 4.04. The van der Waals surface area contributed by atoms with Crippen molar-refractivity contribution in [2.24, 2.45) is 5.73 Å². The maximum atomic E-state index is 13.5. The maximum absolute atomic E-state index is 13.5. The molecule has 2 N–H and O–H groups in total. The fourth-order valence-corrected chi connectivity index (χ4v) is 1.55. The van der Waals surface area contributed by atoms with Crippen LogP contribution >= 0.6 is 11.6 Å². The van der Waals surface area contributed by atoms with Crippen LogP contribution in [0.4, 0.5) is 17.6 Å². The van der Waals surface area contributed by atoms with Crippen molar-refractivity contribution in [2.45, 2.75) is 12.2 Å². The van der Waals surface area contributed by atoms with Crippen LogP contribution in [-0.2, 0) is 6.18 Å². The topological polar surface area (TPSA) is 64.9 Å². The molecule has 0 aliphatic rings. The van der Waals surface area contributed by atoms with E-state index in [9.17, 15) is 17.6 Å². The minimum Gasteiger partial charge on any atom is -0.329 e. The Morgan fingerprint density at radius 3 is 2.58 bits per heavy atom. The SMILES string of the molecule is NC(c1noc(C(F)(F)F)n1)c1cc(Cl)ccc1F. The van der Waals surface area contributed by atoms with Gasteiger partial charge in [0.2, 0.25) is 0 Å².